The second-order valence-corrected chi connectivity index (χ2v) is 4.82. The van der Waals surface area contributed by atoms with Crippen LogP contribution in [0.3, 0.4) is 0 Å². The number of benzene rings is 1. The molecule has 0 heterocycles. The lowest BCUT2D eigenvalue weighted by Crippen LogP contribution is -2.46. The summed E-state index contributed by atoms with van der Waals surface area (Å²) in [6.45, 7) is 1.93. The van der Waals surface area contributed by atoms with Crippen LogP contribution < -0.4 is 20.5 Å². The summed E-state index contributed by atoms with van der Waals surface area (Å²) < 4.78 is 5.39. The van der Waals surface area contributed by atoms with E-state index in [0.717, 1.165) is 0 Å². The van der Waals surface area contributed by atoms with E-state index < -0.39 is 18.1 Å². The molecule has 0 aliphatic rings. The van der Waals surface area contributed by atoms with E-state index in [4.69, 9.17) is 4.74 Å². The molecule has 0 aliphatic heterocycles. The number of nitrogens with one attached hydrogen (secondary N) is 2. The zero-order chi connectivity index (χ0) is 16.4. The van der Waals surface area contributed by atoms with Gasteiger partial charge in [0.25, 0.3) is 0 Å². The SMILES string of the molecule is CC(NCC(O)COc1ccccc1)C(=O)NCCC(=O)[O-]. The van der Waals surface area contributed by atoms with Gasteiger partial charge in [-0.25, -0.2) is 0 Å². The number of aliphatic hydroxyl groups excluding tert-OH is 1. The number of amides is 1. The van der Waals surface area contributed by atoms with Crippen LogP contribution in [0.2, 0.25) is 0 Å². The Balaban J connectivity index is 2.18. The molecule has 1 aromatic rings. The summed E-state index contributed by atoms with van der Waals surface area (Å²) in [5.74, 6) is -0.888. The maximum absolute atomic E-state index is 11.6. The molecule has 0 saturated heterocycles. The lowest BCUT2D eigenvalue weighted by molar-refractivity contribution is -0.305. The number of carbonyl (C=O) groups is 2. The van der Waals surface area contributed by atoms with E-state index in [9.17, 15) is 19.8 Å². The topological polar surface area (TPSA) is 111 Å². The Morgan fingerprint density at radius 1 is 1.32 bits per heavy atom. The first-order valence-electron chi connectivity index (χ1n) is 7.06. The first kappa shape index (κ1) is 17.9. The second kappa shape index (κ2) is 9.75. The normalized spacial score (nSPS) is 13.2. The highest BCUT2D eigenvalue weighted by atomic mass is 16.5. The Morgan fingerprint density at radius 2 is 2.00 bits per heavy atom. The van der Waals surface area contributed by atoms with E-state index in [2.05, 4.69) is 10.6 Å². The molecule has 2 unspecified atom stereocenters. The van der Waals surface area contributed by atoms with E-state index >= 15 is 0 Å². The molecule has 0 aromatic heterocycles. The average molecular weight is 309 g/mol. The summed E-state index contributed by atoms with van der Waals surface area (Å²) in [5, 5.41) is 25.3. The predicted molar refractivity (Wildman–Crippen MR) is 78.0 cm³/mol. The van der Waals surface area contributed by atoms with Crippen molar-refractivity contribution in [3.8, 4) is 5.75 Å². The molecule has 0 bridgehead atoms. The number of carbonyl (C=O) groups excluding carboxylic acids is 2. The number of aliphatic carboxylic acids is 1. The standard InChI is InChI=1S/C15H22N2O5/c1-11(15(21)16-8-7-14(19)20)17-9-12(18)10-22-13-5-3-2-4-6-13/h2-6,11-12,17-18H,7-10H2,1H3,(H,16,21)(H,19,20)/p-1. The van der Waals surface area contributed by atoms with Crippen molar-refractivity contribution in [3.63, 3.8) is 0 Å². The molecule has 1 amide bonds. The molecule has 22 heavy (non-hydrogen) atoms. The Hall–Kier alpha value is -2.12. The van der Waals surface area contributed by atoms with Crippen LogP contribution in [0.15, 0.2) is 30.3 Å². The van der Waals surface area contributed by atoms with Crippen molar-refractivity contribution in [3.05, 3.63) is 30.3 Å². The Labute approximate surface area is 129 Å². The molecule has 0 aliphatic carbocycles. The second-order valence-electron chi connectivity index (χ2n) is 4.82. The lowest BCUT2D eigenvalue weighted by atomic mass is 10.2. The molecule has 0 saturated carbocycles. The highest BCUT2D eigenvalue weighted by Gasteiger charge is 2.14. The van der Waals surface area contributed by atoms with Gasteiger partial charge >= 0.3 is 0 Å². The first-order valence-corrected chi connectivity index (χ1v) is 7.06. The van der Waals surface area contributed by atoms with Crippen molar-refractivity contribution in [2.24, 2.45) is 0 Å². The molecule has 122 valence electrons. The van der Waals surface area contributed by atoms with Gasteiger partial charge in [0.1, 0.15) is 18.5 Å². The number of hydrogen-bond acceptors (Lipinski definition) is 6. The van der Waals surface area contributed by atoms with Crippen molar-refractivity contribution in [1.29, 1.82) is 0 Å². The van der Waals surface area contributed by atoms with Gasteiger partial charge in [-0.15, -0.1) is 0 Å². The van der Waals surface area contributed by atoms with Gasteiger partial charge in [-0.2, -0.15) is 0 Å². The summed E-state index contributed by atoms with van der Waals surface area (Å²) in [5.41, 5.74) is 0. The summed E-state index contributed by atoms with van der Waals surface area (Å²) in [6, 6.07) is 8.55. The Kier molecular flexibility index (Phi) is 7.95. The van der Waals surface area contributed by atoms with Crippen LogP contribution in [0.1, 0.15) is 13.3 Å². The molecule has 0 spiro atoms. The number of carboxylic acid groups (broad SMARTS) is 1. The Morgan fingerprint density at radius 3 is 2.64 bits per heavy atom. The van der Waals surface area contributed by atoms with Gasteiger partial charge in [-0.3, -0.25) is 4.79 Å². The third-order valence-electron chi connectivity index (χ3n) is 2.87. The van der Waals surface area contributed by atoms with Crippen LogP contribution in [-0.2, 0) is 9.59 Å². The predicted octanol–water partition coefficient (Wildman–Crippen LogP) is -1.34. The lowest BCUT2D eigenvalue weighted by Gasteiger charge is -2.17. The van der Waals surface area contributed by atoms with Gasteiger partial charge in [-0.05, 0) is 19.1 Å². The fraction of sp³-hybridized carbons (Fsp3) is 0.467. The van der Waals surface area contributed by atoms with Crippen molar-refractivity contribution < 1.29 is 24.5 Å². The number of rotatable bonds is 10. The van der Waals surface area contributed by atoms with Gasteiger partial charge in [0, 0.05) is 25.5 Å². The van der Waals surface area contributed by atoms with E-state index in [0.29, 0.717) is 5.75 Å². The van der Waals surface area contributed by atoms with Crippen LogP contribution in [0, 0.1) is 0 Å². The van der Waals surface area contributed by atoms with E-state index in [-0.39, 0.29) is 32.0 Å². The number of carboxylic acids is 1. The summed E-state index contributed by atoms with van der Waals surface area (Å²) in [7, 11) is 0. The van der Waals surface area contributed by atoms with Gasteiger partial charge in [0.15, 0.2) is 0 Å². The molecular weight excluding hydrogens is 288 g/mol. The van der Waals surface area contributed by atoms with Crippen LogP contribution in [0.4, 0.5) is 0 Å². The van der Waals surface area contributed by atoms with Crippen LogP contribution in [-0.4, -0.2) is 48.8 Å². The highest BCUT2D eigenvalue weighted by Crippen LogP contribution is 2.08. The van der Waals surface area contributed by atoms with Crippen LogP contribution >= 0.6 is 0 Å². The van der Waals surface area contributed by atoms with E-state index in [1.165, 1.54) is 0 Å². The van der Waals surface area contributed by atoms with Crippen molar-refractivity contribution in [2.45, 2.75) is 25.5 Å². The maximum atomic E-state index is 11.6. The highest BCUT2D eigenvalue weighted by molar-refractivity contribution is 5.81. The van der Waals surface area contributed by atoms with Crippen molar-refractivity contribution in [1.82, 2.24) is 10.6 Å². The van der Waals surface area contributed by atoms with Gasteiger partial charge in [0.05, 0.1) is 6.04 Å². The molecule has 0 radical (unpaired) electrons. The molecule has 2 atom stereocenters. The largest absolute Gasteiger partial charge is 0.550 e. The molecule has 1 rings (SSSR count). The molecule has 0 fully saturated rings. The summed E-state index contributed by atoms with van der Waals surface area (Å²) >= 11 is 0. The number of aliphatic hydroxyl groups is 1. The average Bonchev–Trinajstić information content (AvgIpc) is 2.51. The quantitative estimate of drug-likeness (QED) is 0.493. The molecule has 7 nitrogen and oxygen atoms in total. The van der Waals surface area contributed by atoms with Gasteiger partial charge in [0.2, 0.25) is 5.91 Å². The third kappa shape index (κ3) is 7.61. The number of ether oxygens (including phenoxy) is 1. The number of para-hydroxylation sites is 1. The molecule has 1 aromatic carbocycles. The number of hydrogen-bond donors (Lipinski definition) is 3. The fourth-order valence-corrected chi connectivity index (χ4v) is 1.61. The molecule has 3 N–H and O–H groups in total. The van der Waals surface area contributed by atoms with Crippen molar-refractivity contribution in [2.75, 3.05) is 19.7 Å². The summed E-state index contributed by atoms with van der Waals surface area (Å²) in [4.78, 5) is 21.8. The smallest absolute Gasteiger partial charge is 0.236 e. The monoisotopic (exact) mass is 309 g/mol. The zero-order valence-corrected chi connectivity index (χ0v) is 12.5. The minimum Gasteiger partial charge on any atom is -0.550 e. The summed E-state index contributed by atoms with van der Waals surface area (Å²) in [6.07, 6.45) is -0.995. The zero-order valence-electron chi connectivity index (χ0n) is 12.5. The van der Waals surface area contributed by atoms with E-state index in [1.807, 2.05) is 18.2 Å². The first-order chi connectivity index (χ1) is 10.5. The van der Waals surface area contributed by atoms with Crippen LogP contribution in [0.25, 0.3) is 0 Å². The maximum Gasteiger partial charge on any atom is 0.236 e. The van der Waals surface area contributed by atoms with Crippen molar-refractivity contribution >= 4 is 11.9 Å². The van der Waals surface area contributed by atoms with Gasteiger partial charge < -0.3 is 30.4 Å². The van der Waals surface area contributed by atoms with Gasteiger partial charge in [-0.1, -0.05) is 18.2 Å². The third-order valence-corrected chi connectivity index (χ3v) is 2.87. The van der Waals surface area contributed by atoms with Crippen LogP contribution in [0.5, 0.6) is 5.75 Å². The molecular formula is C15H21N2O5-. The fourth-order valence-electron chi connectivity index (χ4n) is 1.61. The molecule has 7 heteroatoms. The minimum atomic E-state index is -1.21. The van der Waals surface area contributed by atoms with E-state index in [1.54, 1.807) is 19.1 Å². The minimum absolute atomic E-state index is 0.0207. The Bertz CT molecular complexity index is 466.